The van der Waals surface area contributed by atoms with E-state index >= 15 is 0 Å². The van der Waals surface area contributed by atoms with Crippen LogP contribution >= 0.6 is 0 Å². The molecule has 0 aromatic heterocycles. The van der Waals surface area contributed by atoms with Gasteiger partial charge in [0.15, 0.2) is 18.1 Å². The SMILES string of the molecule is COc1cc(/C=C(/C#N)C(=O)NC(C)C)ccc1OCC(=O)O. The van der Waals surface area contributed by atoms with Gasteiger partial charge >= 0.3 is 5.97 Å². The molecule has 0 saturated heterocycles. The van der Waals surface area contributed by atoms with Crippen LogP contribution in [0.1, 0.15) is 19.4 Å². The number of methoxy groups -OCH3 is 1. The predicted octanol–water partition coefficient (Wildman–Crippen LogP) is 1.59. The number of aliphatic carboxylic acids is 1. The number of amides is 1. The highest BCUT2D eigenvalue weighted by atomic mass is 16.5. The van der Waals surface area contributed by atoms with Gasteiger partial charge in [-0.15, -0.1) is 0 Å². The van der Waals surface area contributed by atoms with Crippen molar-refractivity contribution in [2.45, 2.75) is 19.9 Å². The number of carbonyl (C=O) groups is 2. The average Bonchev–Trinajstić information content (AvgIpc) is 2.49. The average molecular weight is 318 g/mol. The molecule has 2 N–H and O–H groups in total. The molecule has 0 spiro atoms. The standard InChI is InChI=1S/C16H18N2O5/c1-10(2)18-16(21)12(8-17)6-11-4-5-13(14(7-11)22-3)23-9-15(19)20/h4-7,10H,9H2,1-3H3,(H,18,21)(H,19,20)/b12-6-. The van der Waals surface area contributed by atoms with Gasteiger partial charge in [-0.05, 0) is 37.6 Å². The normalized spacial score (nSPS) is 10.8. The molecule has 7 heteroatoms. The molecular weight excluding hydrogens is 300 g/mol. The van der Waals surface area contributed by atoms with Crippen LogP contribution < -0.4 is 14.8 Å². The Labute approximate surface area is 134 Å². The Morgan fingerprint density at radius 3 is 2.61 bits per heavy atom. The third-order valence-electron chi connectivity index (χ3n) is 2.63. The molecule has 0 aliphatic heterocycles. The number of benzene rings is 1. The van der Waals surface area contributed by atoms with E-state index in [2.05, 4.69) is 5.32 Å². The lowest BCUT2D eigenvalue weighted by Crippen LogP contribution is -2.30. The number of ether oxygens (including phenoxy) is 2. The van der Waals surface area contributed by atoms with Crippen molar-refractivity contribution in [3.05, 3.63) is 29.3 Å². The quantitative estimate of drug-likeness (QED) is 0.584. The van der Waals surface area contributed by atoms with Crippen LogP contribution in [0.4, 0.5) is 0 Å². The Balaban J connectivity index is 3.04. The summed E-state index contributed by atoms with van der Waals surface area (Å²) in [6, 6.07) is 6.43. The number of rotatable bonds is 7. The second kappa shape index (κ2) is 8.44. The summed E-state index contributed by atoms with van der Waals surface area (Å²) in [4.78, 5) is 22.4. The predicted molar refractivity (Wildman–Crippen MR) is 83.0 cm³/mol. The first kappa shape index (κ1) is 18.0. The Bertz CT molecular complexity index is 659. The molecular formula is C16H18N2O5. The zero-order chi connectivity index (χ0) is 17.4. The minimum absolute atomic E-state index is 0.0417. The van der Waals surface area contributed by atoms with Crippen LogP contribution in [-0.4, -0.2) is 36.7 Å². The molecule has 0 fully saturated rings. The van der Waals surface area contributed by atoms with Gasteiger partial charge in [0.1, 0.15) is 11.6 Å². The van der Waals surface area contributed by atoms with E-state index < -0.39 is 18.5 Å². The lowest BCUT2D eigenvalue weighted by Gasteiger charge is -2.10. The number of hydrogen-bond donors (Lipinski definition) is 2. The van der Waals surface area contributed by atoms with Crippen LogP contribution in [0.2, 0.25) is 0 Å². The zero-order valence-corrected chi connectivity index (χ0v) is 13.1. The fourth-order valence-electron chi connectivity index (χ4n) is 1.69. The highest BCUT2D eigenvalue weighted by molar-refractivity contribution is 6.01. The van der Waals surface area contributed by atoms with Gasteiger partial charge in [-0.1, -0.05) is 6.07 Å². The van der Waals surface area contributed by atoms with Gasteiger partial charge in [0.25, 0.3) is 5.91 Å². The molecule has 0 atom stereocenters. The summed E-state index contributed by atoms with van der Waals surface area (Å²) in [6.07, 6.45) is 1.42. The Morgan fingerprint density at radius 1 is 1.39 bits per heavy atom. The van der Waals surface area contributed by atoms with Crippen molar-refractivity contribution < 1.29 is 24.2 Å². The van der Waals surface area contributed by atoms with Crippen molar-refractivity contribution in [1.82, 2.24) is 5.32 Å². The highest BCUT2D eigenvalue weighted by Crippen LogP contribution is 2.28. The van der Waals surface area contributed by atoms with Crippen molar-refractivity contribution in [3.63, 3.8) is 0 Å². The van der Waals surface area contributed by atoms with Gasteiger partial charge < -0.3 is 19.9 Å². The molecule has 0 aliphatic rings. The Morgan fingerprint density at radius 2 is 2.09 bits per heavy atom. The summed E-state index contributed by atoms with van der Waals surface area (Å²) in [5.74, 6) is -1.00. The molecule has 1 aromatic rings. The van der Waals surface area contributed by atoms with Crippen molar-refractivity contribution in [1.29, 1.82) is 5.26 Å². The third-order valence-corrected chi connectivity index (χ3v) is 2.63. The summed E-state index contributed by atoms with van der Waals surface area (Å²) in [7, 11) is 1.41. The van der Waals surface area contributed by atoms with E-state index in [1.807, 2.05) is 6.07 Å². The maximum atomic E-state index is 11.9. The number of nitriles is 1. The molecule has 23 heavy (non-hydrogen) atoms. The third kappa shape index (κ3) is 5.71. The first-order valence-corrected chi connectivity index (χ1v) is 6.82. The van der Waals surface area contributed by atoms with E-state index in [4.69, 9.17) is 19.8 Å². The largest absolute Gasteiger partial charge is 0.493 e. The summed E-state index contributed by atoms with van der Waals surface area (Å²) < 4.78 is 10.2. The maximum absolute atomic E-state index is 11.9. The van der Waals surface area contributed by atoms with Crippen LogP contribution in [0.25, 0.3) is 6.08 Å². The van der Waals surface area contributed by atoms with E-state index in [0.29, 0.717) is 11.3 Å². The van der Waals surface area contributed by atoms with Crippen molar-refractivity contribution in [3.8, 4) is 17.6 Å². The number of nitrogens with one attached hydrogen (secondary N) is 1. The number of carbonyl (C=O) groups excluding carboxylic acids is 1. The van der Waals surface area contributed by atoms with E-state index in [9.17, 15) is 9.59 Å². The monoisotopic (exact) mass is 318 g/mol. The first-order chi connectivity index (χ1) is 10.9. The van der Waals surface area contributed by atoms with Crippen molar-refractivity contribution in [2.75, 3.05) is 13.7 Å². The van der Waals surface area contributed by atoms with E-state index in [-0.39, 0.29) is 17.4 Å². The minimum Gasteiger partial charge on any atom is -0.493 e. The second-order valence-electron chi connectivity index (χ2n) is 4.89. The first-order valence-electron chi connectivity index (χ1n) is 6.82. The molecule has 0 saturated carbocycles. The fourth-order valence-corrected chi connectivity index (χ4v) is 1.69. The van der Waals surface area contributed by atoms with E-state index in [1.165, 1.54) is 19.3 Å². The molecule has 1 aromatic carbocycles. The molecule has 0 heterocycles. The molecule has 0 bridgehead atoms. The lowest BCUT2D eigenvalue weighted by molar-refractivity contribution is -0.139. The van der Waals surface area contributed by atoms with Gasteiger partial charge in [-0.2, -0.15) is 5.26 Å². The molecule has 1 rings (SSSR count). The fraction of sp³-hybridized carbons (Fsp3) is 0.312. The highest BCUT2D eigenvalue weighted by Gasteiger charge is 2.12. The van der Waals surface area contributed by atoms with Crippen LogP contribution in [-0.2, 0) is 9.59 Å². The van der Waals surface area contributed by atoms with Crippen LogP contribution in [0.15, 0.2) is 23.8 Å². The number of carboxylic acids is 1. The summed E-state index contributed by atoms with van der Waals surface area (Å²) in [5, 5.41) is 20.4. The van der Waals surface area contributed by atoms with E-state index in [0.717, 1.165) is 0 Å². The summed E-state index contributed by atoms with van der Waals surface area (Å²) >= 11 is 0. The molecule has 7 nitrogen and oxygen atoms in total. The molecule has 0 unspecified atom stereocenters. The summed E-state index contributed by atoms with van der Waals surface area (Å²) in [5.41, 5.74) is 0.514. The van der Waals surface area contributed by atoms with Gasteiger partial charge in [-0.3, -0.25) is 4.79 Å². The molecule has 0 aliphatic carbocycles. The van der Waals surface area contributed by atoms with Crippen LogP contribution in [0, 0.1) is 11.3 Å². The molecule has 0 radical (unpaired) electrons. The number of carboxylic acid groups (broad SMARTS) is 1. The van der Waals surface area contributed by atoms with Crippen LogP contribution in [0.5, 0.6) is 11.5 Å². The van der Waals surface area contributed by atoms with Gasteiger partial charge in [0, 0.05) is 6.04 Å². The minimum atomic E-state index is -1.10. The van der Waals surface area contributed by atoms with E-state index in [1.54, 1.807) is 26.0 Å². The molecule has 122 valence electrons. The second-order valence-corrected chi connectivity index (χ2v) is 4.89. The van der Waals surface area contributed by atoms with Crippen molar-refractivity contribution >= 4 is 18.0 Å². The van der Waals surface area contributed by atoms with Gasteiger partial charge in [0.05, 0.1) is 7.11 Å². The zero-order valence-electron chi connectivity index (χ0n) is 13.1. The van der Waals surface area contributed by atoms with Crippen LogP contribution in [0.3, 0.4) is 0 Å². The van der Waals surface area contributed by atoms with Crippen molar-refractivity contribution in [2.24, 2.45) is 0 Å². The van der Waals surface area contributed by atoms with Gasteiger partial charge in [0.2, 0.25) is 0 Å². The number of hydrogen-bond acceptors (Lipinski definition) is 5. The topological polar surface area (TPSA) is 109 Å². The summed E-state index contributed by atoms with van der Waals surface area (Å²) in [6.45, 7) is 3.10. The Hall–Kier alpha value is -3.01. The molecule has 1 amide bonds. The Kier molecular flexibility index (Phi) is 6.62. The lowest BCUT2D eigenvalue weighted by atomic mass is 10.1. The smallest absolute Gasteiger partial charge is 0.341 e. The number of nitrogens with zero attached hydrogens (tertiary/aromatic N) is 1. The maximum Gasteiger partial charge on any atom is 0.341 e. The van der Waals surface area contributed by atoms with Gasteiger partial charge in [-0.25, -0.2) is 4.79 Å².